The number of hydrogen-bond donors (Lipinski definition) is 3. The van der Waals surface area contributed by atoms with Gasteiger partial charge in [0.1, 0.15) is 11.8 Å². The summed E-state index contributed by atoms with van der Waals surface area (Å²) in [5.74, 6) is -1.78. The van der Waals surface area contributed by atoms with Crippen molar-refractivity contribution in [1.82, 2.24) is 5.32 Å². The van der Waals surface area contributed by atoms with E-state index in [-0.39, 0.29) is 30.9 Å². The molecular formula is C14H16N2O6. The van der Waals surface area contributed by atoms with Gasteiger partial charge in [0.2, 0.25) is 12.3 Å². The van der Waals surface area contributed by atoms with E-state index in [4.69, 9.17) is 9.84 Å². The largest absolute Gasteiger partial charge is 0.480 e. The Morgan fingerprint density at radius 3 is 2.41 bits per heavy atom. The van der Waals surface area contributed by atoms with Crippen LogP contribution >= 0.6 is 0 Å². The zero-order valence-electron chi connectivity index (χ0n) is 11.9. The van der Waals surface area contributed by atoms with Gasteiger partial charge in [0, 0.05) is 19.0 Å². The zero-order valence-corrected chi connectivity index (χ0v) is 11.9. The molecule has 0 radical (unpaired) electrons. The van der Waals surface area contributed by atoms with E-state index in [1.165, 1.54) is 19.1 Å². The lowest BCUT2D eigenvalue weighted by molar-refractivity contribution is -0.141. The van der Waals surface area contributed by atoms with Gasteiger partial charge in [-0.15, -0.1) is 0 Å². The standard InChI is InChI=1S/C14H16N2O6/c1-9(18)16-10-2-4-11(5-3-10)22-13(19)7-6-12(14(20)21)15-8-17/h2-5,8,12H,6-7H2,1H3,(H,15,17)(H,16,18)(H,20,21). The number of carbonyl (C=O) groups excluding carboxylic acids is 3. The molecule has 8 heteroatoms. The van der Waals surface area contributed by atoms with Crippen LogP contribution < -0.4 is 15.4 Å². The van der Waals surface area contributed by atoms with Gasteiger partial charge in [0.25, 0.3) is 0 Å². The van der Waals surface area contributed by atoms with Crippen LogP contribution in [-0.4, -0.2) is 35.4 Å². The minimum atomic E-state index is -1.22. The molecule has 1 atom stereocenters. The van der Waals surface area contributed by atoms with Crippen LogP contribution in [0.15, 0.2) is 24.3 Å². The van der Waals surface area contributed by atoms with E-state index >= 15 is 0 Å². The van der Waals surface area contributed by atoms with E-state index in [9.17, 15) is 19.2 Å². The Kier molecular flexibility index (Phi) is 6.55. The molecule has 0 spiro atoms. The Bertz CT molecular complexity index is 555. The first-order valence-corrected chi connectivity index (χ1v) is 6.43. The molecule has 0 aromatic heterocycles. The lowest BCUT2D eigenvalue weighted by Crippen LogP contribution is -2.36. The molecule has 8 nitrogen and oxygen atoms in total. The van der Waals surface area contributed by atoms with Crippen molar-refractivity contribution in [3.05, 3.63) is 24.3 Å². The molecule has 1 aromatic rings. The summed E-state index contributed by atoms with van der Waals surface area (Å²) in [4.78, 5) is 43.5. The average molecular weight is 308 g/mol. The van der Waals surface area contributed by atoms with Crippen LogP contribution in [0, 0.1) is 0 Å². The normalized spacial score (nSPS) is 11.1. The molecule has 0 fully saturated rings. The van der Waals surface area contributed by atoms with Gasteiger partial charge < -0.3 is 20.5 Å². The Morgan fingerprint density at radius 1 is 1.27 bits per heavy atom. The van der Waals surface area contributed by atoms with Crippen molar-refractivity contribution in [2.24, 2.45) is 0 Å². The smallest absolute Gasteiger partial charge is 0.326 e. The summed E-state index contributed by atoms with van der Waals surface area (Å²) >= 11 is 0. The lowest BCUT2D eigenvalue weighted by Gasteiger charge is -2.10. The molecule has 2 amide bonds. The van der Waals surface area contributed by atoms with E-state index in [2.05, 4.69) is 10.6 Å². The number of anilines is 1. The summed E-state index contributed by atoms with van der Waals surface area (Å²) in [5, 5.41) is 13.5. The number of ether oxygens (including phenoxy) is 1. The first kappa shape index (κ1) is 17.2. The molecule has 22 heavy (non-hydrogen) atoms. The number of hydrogen-bond acceptors (Lipinski definition) is 5. The Labute approximate surface area is 126 Å². The zero-order chi connectivity index (χ0) is 16.5. The molecule has 0 aliphatic carbocycles. The molecule has 1 aromatic carbocycles. The second-order valence-corrected chi connectivity index (χ2v) is 4.39. The van der Waals surface area contributed by atoms with Gasteiger partial charge in [-0.2, -0.15) is 0 Å². The summed E-state index contributed by atoms with van der Waals surface area (Å²) in [6.45, 7) is 1.38. The number of esters is 1. The number of carboxylic acid groups (broad SMARTS) is 1. The van der Waals surface area contributed by atoms with Gasteiger partial charge in [-0.05, 0) is 30.7 Å². The molecule has 1 unspecified atom stereocenters. The molecular weight excluding hydrogens is 292 g/mol. The van der Waals surface area contributed by atoms with Gasteiger partial charge in [-0.3, -0.25) is 14.4 Å². The van der Waals surface area contributed by atoms with Crippen LogP contribution in [0.25, 0.3) is 0 Å². The summed E-state index contributed by atoms with van der Waals surface area (Å²) in [6.07, 6.45) is 0.0347. The molecule has 0 aliphatic rings. The van der Waals surface area contributed by atoms with Crippen molar-refractivity contribution < 1.29 is 29.0 Å². The lowest BCUT2D eigenvalue weighted by atomic mass is 10.1. The second kappa shape index (κ2) is 8.40. The van der Waals surface area contributed by atoms with Crippen LogP contribution in [-0.2, 0) is 19.2 Å². The first-order valence-electron chi connectivity index (χ1n) is 6.43. The van der Waals surface area contributed by atoms with Crippen molar-refractivity contribution in [3.63, 3.8) is 0 Å². The highest BCUT2D eigenvalue weighted by Gasteiger charge is 2.18. The van der Waals surface area contributed by atoms with E-state index in [0.29, 0.717) is 5.69 Å². The summed E-state index contributed by atoms with van der Waals surface area (Å²) in [6, 6.07) is 5.01. The number of amides is 2. The summed E-state index contributed by atoms with van der Waals surface area (Å²) in [7, 11) is 0. The number of rotatable bonds is 8. The number of benzene rings is 1. The minimum absolute atomic E-state index is 0.0725. The van der Waals surface area contributed by atoms with Crippen LogP contribution in [0.5, 0.6) is 5.75 Å². The molecule has 118 valence electrons. The number of carbonyl (C=O) groups is 4. The number of carboxylic acids is 1. The third kappa shape index (κ3) is 6.04. The maximum Gasteiger partial charge on any atom is 0.326 e. The molecule has 0 saturated heterocycles. The highest BCUT2D eigenvalue weighted by atomic mass is 16.5. The van der Waals surface area contributed by atoms with E-state index < -0.39 is 18.0 Å². The van der Waals surface area contributed by atoms with Gasteiger partial charge in [-0.1, -0.05) is 0 Å². The van der Waals surface area contributed by atoms with Crippen molar-refractivity contribution in [3.8, 4) is 5.75 Å². The maximum atomic E-state index is 11.6. The molecule has 1 rings (SSSR count). The molecule has 0 saturated carbocycles. The first-order chi connectivity index (χ1) is 10.4. The van der Waals surface area contributed by atoms with E-state index in [1.807, 2.05) is 0 Å². The fraction of sp³-hybridized carbons (Fsp3) is 0.286. The SMILES string of the molecule is CC(=O)Nc1ccc(OC(=O)CCC(NC=O)C(=O)O)cc1. The van der Waals surface area contributed by atoms with Gasteiger partial charge in [0.05, 0.1) is 0 Å². The van der Waals surface area contributed by atoms with E-state index in [1.54, 1.807) is 12.1 Å². The maximum absolute atomic E-state index is 11.6. The number of aliphatic carboxylic acids is 1. The number of nitrogens with one attached hydrogen (secondary N) is 2. The Morgan fingerprint density at radius 2 is 1.91 bits per heavy atom. The Balaban J connectivity index is 2.49. The molecule has 0 bridgehead atoms. The molecule has 0 aliphatic heterocycles. The molecule has 3 N–H and O–H groups in total. The van der Waals surface area contributed by atoms with Gasteiger partial charge in [-0.25, -0.2) is 4.79 Å². The fourth-order valence-corrected chi connectivity index (χ4v) is 1.61. The third-order valence-electron chi connectivity index (χ3n) is 2.61. The summed E-state index contributed by atoms with van der Waals surface area (Å²) in [5.41, 5.74) is 0.563. The fourth-order valence-electron chi connectivity index (χ4n) is 1.61. The van der Waals surface area contributed by atoms with Crippen molar-refractivity contribution in [2.45, 2.75) is 25.8 Å². The van der Waals surface area contributed by atoms with Crippen LogP contribution in [0.3, 0.4) is 0 Å². The van der Waals surface area contributed by atoms with Crippen LogP contribution in [0.4, 0.5) is 5.69 Å². The van der Waals surface area contributed by atoms with Crippen molar-refractivity contribution in [2.75, 3.05) is 5.32 Å². The summed E-state index contributed by atoms with van der Waals surface area (Å²) < 4.78 is 5.02. The average Bonchev–Trinajstić information content (AvgIpc) is 2.44. The Hall–Kier alpha value is -2.90. The highest BCUT2D eigenvalue weighted by Crippen LogP contribution is 2.16. The van der Waals surface area contributed by atoms with Gasteiger partial charge >= 0.3 is 11.9 Å². The van der Waals surface area contributed by atoms with Crippen LogP contribution in [0.2, 0.25) is 0 Å². The van der Waals surface area contributed by atoms with Crippen molar-refractivity contribution >= 4 is 29.9 Å². The van der Waals surface area contributed by atoms with Gasteiger partial charge in [0.15, 0.2) is 0 Å². The monoisotopic (exact) mass is 308 g/mol. The quantitative estimate of drug-likeness (QED) is 0.366. The van der Waals surface area contributed by atoms with E-state index in [0.717, 1.165) is 0 Å². The predicted molar refractivity (Wildman–Crippen MR) is 76.2 cm³/mol. The van der Waals surface area contributed by atoms with Crippen molar-refractivity contribution in [1.29, 1.82) is 0 Å². The second-order valence-electron chi connectivity index (χ2n) is 4.39. The topological polar surface area (TPSA) is 122 Å². The third-order valence-corrected chi connectivity index (χ3v) is 2.61. The van der Waals surface area contributed by atoms with Crippen LogP contribution in [0.1, 0.15) is 19.8 Å². The minimum Gasteiger partial charge on any atom is -0.480 e. The predicted octanol–water partition coefficient (Wildman–Crippen LogP) is 0.530. The molecule has 0 heterocycles. The highest BCUT2D eigenvalue weighted by molar-refractivity contribution is 5.88.